The molecule has 0 saturated carbocycles. The van der Waals surface area contributed by atoms with Crippen LogP contribution in [-0.2, 0) is 9.68 Å². The Morgan fingerprint density at radius 3 is 2.73 bits per heavy atom. The van der Waals surface area contributed by atoms with Gasteiger partial charge in [0.15, 0.2) is 11.5 Å². The second-order valence-electron chi connectivity index (χ2n) is 2.61. The molecule has 3 N–H and O–H groups in total. The summed E-state index contributed by atoms with van der Waals surface area (Å²) in [4.78, 5) is 24.6. The van der Waals surface area contributed by atoms with Crippen LogP contribution in [0.2, 0.25) is 0 Å². The van der Waals surface area contributed by atoms with Gasteiger partial charge in [0.2, 0.25) is 0 Å². The third-order valence-corrected chi connectivity index (χ3v) is 1.68. The van der Waals surface area contributed by atoms with Gasteiger partial charge in [0, 0.05) is 0 Å². The van der Waals surface area contributed by atoms with Crippen molar-refractivity contribution < 1.29 is 9.68 Å². The average molecular weight is 210 g/mol. The molecule has 0 unspecified atom stereocenters. The van der Waals surface area contributed by atoms with E-state index in [1.807, 2.05) is 0 Å². The van der Waals surface area contributed by atoms with E-state index < -0.39 is 0 Å². The van der Waals surface area contributed by atoms with Gasteiger partial charge < -0.3 is 4.98 Å². The lowest BCUT2D eigenvalue weighted by Crippen LogP contribution is -2.06. The molecule has 2 aromatic heterocycles. The summed E-state index contributed by atoms with van der Waals surface area (Å²) in [6, 6.07) is 0. The monoisotopic (exact) mass is 210 g/mol. The van der Waals surface area contributed by atoms with Crippen molar-refractivity contribution in [3.8, 4) is 0 Å². The van der Waals surface area contributed by atoms with E-state index in [0.717, 1.165) is 0 Å². The van der Waals surface area contributed by atoms with Crippen molar-refractivity contribution in [2.45, 2.75) is 0 Å². The van der Waals surface area contributed by atoms with Crippen LogP contribution in [0.15, 0.2) is 6.33 Å². The molecule has 15 heavy (non-hydrogen) atoms. The fraction of sp³-hybridized carbons (Fsp3) is 0.286. The number of aromatic amines is 1. The molecular formula is C7H10N6O2. The van der Waals surface area contributed by atoms with Gasteiger partial charge >= 0.3 is 0 Å². The highest BCUT2D eigenvalue weighted by Gasteiger charge is 2.09. The lowest BCUT2D eigenvalue weighted by molar-refractivity contribution is 0.264. The van der Waals surface area contributed by atoms with Crippen molar-refractivity contribution in [1.29, 1.82) is 0 Å². The Bertz CT molecular complexity index is 456. The van der Waals surface area contributed by atoms with Gasteiger partial charge in [-0.1, -0.05) is 0 Å². The Balaban J connectivity index is 2.48. The number of H-pyrrole nitrogens is 1. The summed E-state index contributed by atoms with van der Waals surface area (Å²) in [5.41, 5.74) is 6.32. The molecule has 2 heterocycles. The van der Waals surface area contributed by atoms with E-state index in [2.05, 4.69) is 30.9 Å². The summed E-state index contributed by atoms with van der Waals surface area (Å²) >= 11 is 0. The highest BCUT2D eigenvalue weighted by atomic mass is 16.6. The fourth-order valence-corrected chi connectivity index (χ4v) is 1.14. The number of anilines is 2. The summed E-state index contributed by atoms with van der Waals surface area (Å²) < 4.78 is 0. The number of hydrogen-bond donors (Lipinski definition) is 3. The van der Waals surface area contributed by atoms with Crippen molar-refractivity contribution in [3.05, 3.63) is 6.33 Å². The molecule has 2 aromatic rings. The second kappa shape index (κ2) is 4.07. The van der Waals surface area contributed by atoms with Gasteiger partial charge in [0.1, 0.15) is 5.52 Å². The Hall–Kier alpha value is -1.93. The first kappa shape index (κ1) is 9.62. The van der Waals surface area contributed by atoms with E-state index in [1.165, 1.54) is 20.5 Å². The highest BCUT2D eigenvalue weighted by molar-refractivity contribution is 5.83. The van der Waals surface area contributed by atoms with Crippen LogP contribution < -0.4 is 11.0 Å². The fourth-order valence-electron chi connectivity index (χ4n) is 1.14. The number of imidazole rings is 1. The van der Waals surface area contributed by atoms with Gasteiger partial charge in [0.05, 0.1) is 20.5 Å². The summed E-state index contributed by atoms with van der Waals surface area (Å²) in [6.07, 6.45) is 1.52. The number of aromatic nitrogens is 4. The normalized spacial score (nSPS) is 10.5. The zero-order valence-corrected chi connectivity index (χ0v) is 8.24. The third-order valence-electron chi connectivity index (χ3n) is 1.68. The maximum absolute atomic E-state index is 4.78. The predicted molar refractivity (Wildman–Crippen MR) is 52.9 cm³/mol. The van der Waals surface area contributed by atoms with Crippen LogP contribution in [-0.4, -0.2) is 34.2 Å². The number of nitrogens with zero attached hydrogens (tertiary/aromatic N) is 3. The minimum absolute atomic E-state index is 0.302. The Morgan fingerprint density at radius 2 is 2.00 bits per heavy atom. The molecule has 8 nitrogen and oxygen atoms in total. The van der Waals surface area contributed by atoms with Crippen LogP contribution in [0.3, 0.4) is 0 Å². The molecule has 8 heteroatoms. The molecule has 0 fully saturated rings. The first-order chi connectivity index (χ1) is 7.35. The van der Waals surface area contributed by atoms with Gasteiger partial charge in [-0.25, -0.2) is 15.9 Å². The summed E-state index contributed by atoms with van der Waals surface area (Å²) in [6.45, 7) is 0. The Kier molecular flexibility index (Phi) is 2.61. The van der Waals surface area contributed by atoms with Crippen LogP contribution >= 0.6 is 0 Å². The molecular weight excluding hydrogens is 200 g/mol. The molecule has 0 aliphatic rings. The standard InChI is InChI=1S/C7H10N6O2/c1-14-12-6-4-5(9-3-8-4)10-7(11-6)13-15-2/h3H,1-2H3,(H3,8,9,10,11,12,13). The molecule has 0 aromatic carbocycles. The van der Waals surface area contributed by atoms with E-state index in [9.17, 15) is 0 Å². The number of fused-ring (bicyclic) bond motifs is 1. The highest BCUT2D eigenvalue weighted by Crippen LogP contribution is 2.18. The average Bonchev–Trinajstić information content (AvgIpc) is 2.67. The maximum atomic E-state index is 4.78. The molecule has 0 bridgehead atoms. The van der Waals surface area contributed by atoms with Crippen molar-refractivity contribution in [1.82, 2.24) is 19.9 Å². The van der Waals surface area contributed by atoms with Gasteiger partial charge in [-0.3, -0.25) is 9.68 Å². The van der Waals surface area contributed by atoms with Crippen LogP contribution in [0.4, 0.5) is 11.8 Å². The summed E-state index contributed by atoms with van der Waals surface area (Å²) in [7, 11) is 2.97. The topological polar surface area (TPSA) is 97.0 Å². The van der Waals surface area contributed by atoms with E-state index >= 15 is 0 Å². The van der Waals surface area contributed by atoms with E-state index in [1.54, 1.807) is 0 Å². The van der Waals surface area contributed by atoms with Crippen LogP contribution in [0, 0.1) is 0 Å². The van der Waals surface area contributed by atoms with Crippen LogP contribution in [0.5, 0.6) is 0 Å². The van der Waals surface area contributed by atoms with E-state index in [4.69, 9.17) is 9.68 Å². The van der Waals surface area contributed by atoms with Gasteiger partial charge in [0.25, 0.3) is 5.95 Å². The van der Waals surface area contributed by atoms with Gasteiger partial charge in [-0.05, 0) is 0 Å². The van der Waals surface area contributed by atoms with Crippen molar-refractivity contribution >= 4 is 22.9 Å². The van der Waals surface area contributed by atoms with Crippen LogP contribution in [0.25, 0.3) is 11.2 Å². The van der Waals surface area contributed by atoms with E-state index in [0.29, 0.717) is 22.9 Å². The molecule has 0 atom stereocenters. The maximum Gasteiger partial charge on any atom is 0.251 e. The van der Waals surface area contributed by atoms with Gasteiger partial charge in [-0.2, -0.15) is 9.97 Å². The number of rotatable bonds is 4. The molecule has 0 aliphatic carbocycles. The third kappa shape index (κ3) is 1.80. The zero-order valence-electron chi connectivity index (χ0n) is 8.24. The first-order valence-electron chi connectivity index (χ1n) is 4.14. The minimum Gasteiger partial charge on any atom is -0.340 e. The molecule has 2 rings (SSSR count). The number of nitrogens with one attached hydrogen (secondary N) is 3. The van der Waals surface area contributed by atoms with Crippen molar-refractivity contribution in [3.63, 3.8) is 0 Å². The van der Waals surface area contributed by atoms with Crippen LogP contribution in [0.1, 0.15) is 0 Å². The largest absolute Gasteiger partial charge is 0.340 e. The second-order valence-corrected chi connectivity index (χ2v) is 2.61. The Morgan fingerprint density at radius 1 is 1.20 bits per heavy atom. The smallest absolute Gasteiger partial charge is 0.251 e. The first-order valence-corrected chi connectivity index (χ1v) is 4.14. The molecule has 80 valence electrons. The van der Waals surface area contributed by atoms with Crippen molar-refractivity contribution in [2.24, 2.45) is 0 Å². The molecule has 0 saturated heterocycles. The quantitative estimate of drug-likeness (QED) is 0.624. The number of hydrogen-bond acceptors (Lipinski definition) is 7. The summed E-state index contributed by atoms with van der Waals surface area (Å²) in [5.74, 6) is 0.788. The molecule has 0 aliphatic heterocycles. The zero-order chi connectivity index (χ0) is 10.7. The summed E-state index contributed by atoms with van der Waals surface area (Å²) in [5, 5.41) is 0. The SMILES string of the molecule is CONc1nc(NOC)c2[nH]cnc2n1. The molecule has 0 radical (unpaired) electrons. The van der Waals surface area contributed by atoms with E-state index in [-0.39, 0.29) is 0 Å². The molecule has 0 amide bonds. The minimum atomic E-state index is 0.302. The lowest BCUT2D eigenvalue weighted by Gasteiger charge is -2.05. The predicted octanol–water partition coefficient (Wildman–Crippen LogP) is 0.299. The molecule has 0 spiro atoms. The lowest BCUT2D eigenvalue weighted by atomic mass is 10.5. The van der Waals surface area contributed by atoms with Crippen molar-refractivity contribution in [2.75, 3.05) is 25.2 Å². The Labute approximate surface area is 84.9 Å². The van der Waals surface area contributed by atoms with Gasteiger partial charge in [-0.15, -0.1) is 0 Å².